The molecule has 2 N–H and O–H groups in total. The number of nitrogen functional groups attached to an aromatic ring is 1. The fraction of sp³-hybridized carbons (Fsp3) is 0.0741. The molecule has 4 rings (SSSR count). The number of nitriles is 2. The number of allylic oxidation sites excluding steroid dienone is 1. The highest BCUT2D eigenvalue weighted by Crippen LogP contribution is 2.38. The van der Waals surface area contributed by atoms with Crippen molar-refractivity contribution in [3.8, 4) is 35.1 Å². The first-order chi connectivity index (χ1) is 17.7. The molecule has 7 nitrogen and oxygen atoms in total. The van der Waals surface area contributed by atoms with Gasteiger partial charge in [-0.3, -0.25) is 0 Å². The Balaban J connectivity index is 1.64. The van der Waals surface area contributed by atoms with Gasteiger partial charge in [-0.1, -0.05) is 24.3 Å². The van der Waals surface area contributed by atoms with Crippen LogP contribution in [-0.2, 0) is 6.18 Å². The summed E-state index contributed by atoms with van der Waals surface area (Å²) in [5.41, 5.74) is 6.38. The number of hydrogen-bond acceptors (Lipinski definition) is 6. The molecule has 3 aromatic carbocycles. The number of nitrogens with zero attached hydrogens (tertiary/aromatic N) is 4. The van der Waals surface area contributed by atoms with Gasteiger partial charge in [0.2, 0.25) is 0 Å². The molecule has 0 unspecified atom stereocenters. The number of alkyl halides is 3. The molecule has 0 aliphatic rings. The van der Waals surface area contributed by atoms with Gasteiger partial charge in [0.1, 0.15) is 23.3 Å². The van der Waals surface area contributed by atoms with Gasteiger partial charge < -0.3 is 15.2 Å². The molecule has 0 aliphatic heterocycles. The van der Waals surface area contributed by atoms with Crippen LogP contribution in [0.1, 0.15) is 22.4 Å². The fourth-order valence-electron chi connectivity index (χ4n) is 3.54. The van der Waals surface area contributed by atoms with E-state index in [2.05, 4.69) is 11.2 Å². The van der Waals surface area contributed by atoms with Gasteiger partial charge in [0, 0.05) is 6.07 Å². The Morgan fingerprint density at radius 1 is 1.00 bits per heavy atom. The highest BCUT2D eigenvalue weighted by atomic mass is 19.4. The largest absolute Gasteiger partial charge is 0.493 e. The molecule has 0 spiro atoms. The Bertz CT molecular complexity index is 1560. The zero-order chi connectivity index (χ0) is 26.6. The molecule has 0 aliphatic carbocycles. The first-order valence-electron chi connectivity index (χ1n) is 10.7. The number of benzene rings is 3. The second-order valence-corrected chi connectivity index (χ2v) is 7.70. The summed E-state index contributed by atoms with van der Waals surface area (Å²) in [4.78, 5) is 0. The molecule has 0 atom stereocenters. The zero-order valence-corrected chi connectivity index (χ0v) is 19.3. The van der Waals surface area contributed by atoms with E-state index < -0.39 is 17.3 Å². The van der Waals surface area contributed by atoms with Crippen molar-refractivity contribution >= 4 is 17.5 Å². The summed E-state index contributed by atoms with van der Waals surface area (Å²) in [7, 11) is 1.38. The van der Waals surface area contributed by atoms with E-state index >= 15 is 0 Å². The van der Waals surface area contributed by atoms with E-state index in [4.69, 9.17) is 20.5 Å². The summed E-state index contributed by atoms with van der Waals surface area (Å²) >= 11 is 0. The van der Waals surface area contributed by atoms with Crippen molar-refractivity contribution in [2.45, 2.75) is 6.18 Å². The standard InChI is InChI=1S/C27H18F3N5O2/c1-36-25-12-17(7-10-24(25)37-21-9-8-18(15-31)22(13-21)27(28,29)30)11-19(16-32)23-14-26(33)35(34-23)20-5-3-2-4-6-20/h2-14H,33H2,1H3/b19-11+. The monoisotopic (exact) mass is 501 g/mol. The molecule has 0 saturated carbocycles. The third kappa shape index (κ3) is 5.39. The van der Waals surface area contributed by atoms with Crippen molar-refractivity contribution in [1.29, 1.82) is 10.5 Å². The maximum atomic E-state index is 13.3. The predicted molar refractivity (Wildman–Crippen MR) is 131 cm³/mol. The highest BCUT2D eigenvalue weighted by Gasteiger charge is 2.34. The van der Waals surface area contributed by atoms with Crippen LogP contribution >= 0.6 is 0 Å². The molecule has 0 radical (unpaired) electrons. The third-order valence-electron chi connectivity index (χ3n) is 5.28. The van der Waals surface area contributed by atoms with Crippen LogP contribution in [-0.4, -0.2) is 16.9 Å². The number of rotatable bonds is 6. The quantitative estimate of drug-likeness (QED) is 0.315. The predicted octanol–water partition coefficient (Wildman–Crippen LogP) is 6.21. The van der Waals surface area contributed by atoms with Crippen molar-refractivity contribution in [2.24, 2.45) is 0 Å². The molecule has 1 heterocycles. The number of aromatic nitrogens is 2. The Hall–Kier alpha value is -5.22. The lowest BCUT2D eigenvalue weighted by molar-refractivity contribution is -0.137. The number of anilines is 1. The molecule has 0 amide bonds. The third-order valence-corrected chi connectivity index (χ3v) is 5.28. The average Bonchev–Trinajstić information content (AvgIpc) is 3.29. The van der Waals surface area contributed by atoms with Gasteiger partial charge in [-0.25, -0.2) is 4.68 Å². The summed E-state index contributed by atoms with van der Waals surface area (Å²) in [5, 5.41) is 23.2. The number of methoxy groups -OCH3 is 1. The number of hydrogen-bond donors (Lipinski definition) is 1. The second kappa shape index (κ2) is 10.2. The van der Waals surface area contributed by atoms with E-state index in [1.807, 2.05) is 30.3 Å². The van der Waals surface area contributed by atoms with Crippen molar-refractivity contribution in [3.05, 3.63) is 95.2 Å². The lowest BCUT2D eigenvalue weighted by atomic mass is 10.1. The van der Waals surface area contributed by atoms with Crippen LogP contribution in [0.3, 0.4) is 0 Å². The average molecular weight is 501 g/mol. The first kappa shape index (κ1) is 24.9. The number of ether oxygens (including phenoxy) is 2. The van der Waals surface area contributed by atoms with E-state index in [1.165, 1.54) is 30.0 Å². The van der Waals surface area contributed by atoms with Gasteiger partial charge >= 0.3 is 6.18 Å². The van der Waals surface area contributed by atoms with Gasteiger partial charge in [-0.2, -0.15) is 28.8 Å². The minimum absolute atomic E-state index is 0.118. The molecule has 0 bridgehead atoms. The summed E-state index contributed by atoms with van der Waals surface area (Å²) < 4.78 is 52.4. The van der Waals surface area contributed by atoms with Crippen molar-refractivity contribution in [2.75, 3.05) is 12.8 Å². The SMILES string of the molecule is COc1cc(/C=C(\C#N)c2cc(N)n(-c3ccccc3)n2)ccc1Oc1ccc(C#N)c(C(F)(F)F)c1. The van der Waals surface area contributed by atoms with Crippen LogP contribution < -0.4 is 15.2 Å². The van der Waals surface area contributed by atoms with Gasteiger partial charge in [0.05, 0.1) is 35.6 Å². The minimum Gasteiger partial charge on any atom is -0.493 e. The van der Waals surface area contributed by atoms with E-state index in [0.29, 0.717) is 17.1 Å². The number of nitrogens with two attached hydrogens (primary N) is 1. The highest BCUT2D eigenvalue weighted by molar-refractivity contribution is 5.89. The summed E-state index contributed by atoms with van der Waals surface area (Å²) in [6, 6.07) is 22.2. The summed E-state index contributed by atoms with van der Waals surface area (Å²) in [5.74, 6) is 0.601. The van der Waals surface area contributed by atoms with Crippen LogP contribution in [0.4, 0.5) is 19.0 Å². The van der Waals surface area contributed by atoms with Crippen molar-refractivity contribution in [3.63, 3.8) is 0 Å². The van der Waals surface area contributed by atoms with E-state index in [1.54, 1.807) is 24.3 Å². The molecule has 37 heavy (non-hydrogen) atoms. The Labute approximate surface area is 210 Å². The Morgan fingerprint density at radius 2 is 1.76 bits per heavy atom. The number of halogens is 3. The lowest BCUT2D eigenvalue weighted by Gasteiger charge is -2.14. The normalized spacial score (nSPS) is 11.5. The first-order valence-corrected chi connectivity index (χ1v) is 10.7. The molecule has 1 aromatic heterocycles. The lowest BCUT2D eigenvalue weighted by Crippen LogP contribution is -2.08. The van der Waals surface area contributed by atoms with E-state index in [-0.39, 0.29) is 22.8 Å². The smallest absolute Gasteiger partial charge is 0.417 e. The van der Waals surface area contributed by atoms with Crippen LogP contribution in [0.5, 0.6) is 17.2 Å². The van der Waals surface area contributed by atoms with E-state index in [0.717, 1.165) is 17.8 Å². The van der Waals surface area contributed by atoms with Crippen LogP contribution in [0, 0.1) is 22.7 Å². The Kier molecular flexibility index (Phi) is 6.85. The summed E-state index contributed by atoms with van der Waals surface area (Å²) in [6.07, 6.45) is -3.14. The molecule has 10 heteroatoms. The number of para-hydroxylation sites is 1. The molecular weight excluding hydrogens is 483 g/mol. The molecule has 0 saturated heterocycles. The molecular formula is C27H18F3N5O2. The van der Waals surface area contributed by atoms with E-state index in [9.17, 15) is 18.4 Å². The van der Waals surface area contributed by atoms with Gasteiger partial charge in [0.15, 0.2) is 11.5 Å². The van der Waals surface area contributed by atoms with Crippen LogP contribution in [0.2, 0.25) is 0 Å². The van der Waals surface area contributed by atoms with Gasteiger partial charge in [-0.15, -0.1) is 0 Å². The second-order valence-electron chi connectivity index (χ2n) is 7.70. The van der Waals surface area contributed by atoms with Crippen molar-refractivity contribution in [1.82, 2.24) is 9.78 Å². The summed E-state index contributed by atoms with van der Waals surface area (Å²) in [6.45, 7) is 0. The van der Waals surface area contributed by atoms with Gasteiger partial charge in [-0.05, 0) is 54.1 Å². The molecule has 4 aromatic rings. The maximum Gasteiger partial charge on any atom is 0.417 e. The Morgan fingerprint density at radius 3 is 2.41 bits per heavy atom. The van der Waals surface area contributed by atoms with Crippen LogP contribution in [0.15, 0.2) is 72.8 Å². The topological polar surface area (TPSA) is 110 Å². The molecule has 184 valence electrons. The zero-order valence-electron chi connectivity index (χ0n) is 19.3. The minimum atomic E-state index is -4.71. The van der Waals surface area contributed by atoms with Gasteiger partial charge in [0.25, 0.3) is 0 Å². The van der Waals surface area contributed by atoms with Crippen molar-refractivity contribution < 1.29 is 22.6 Å². The molecule has 0 fully saturated rings. The fourth-order valence-corrected chi connectivity index (χ4v) is 3.54. The van der Waals surface area contributed by atoms with Crippen LogP contribution in [0.25, 0.3) is 17.3 Å². The maximum absolute atomic E-state index is 13.3.